The Bertz CT molecular complexity index is 366. The summed E-state index contributed by atoms with van der Waals surface area (Å²) in [6.07, 6.45) is -0.286. The van der Waals surface area contributed by atoms with Crippen molar-refractivity contribution in [3.05, 3.63) is 17.7 Å². The molecule has 0 aliphatic rings. The number of ether oxygens (including phenoxy) is 3. The predicted octanol–water partition coefficient (Wildman–Crippen LogP) is 3.21. The Kier molecular flexibility index (Phi) is 4.15. The van der Waals surface area contributed by atoms with Crippen molar-refractivity contribution in [2.75, 3.05) is 21.3 Å². The maximum absolute atomic E-state index is 13.6. The van der Waals surface area contributed by atoms with Crippen LogP contribution in [0.1, 0.15) is 18.9 Å². The molecule has 0 atom stereocenters. The van der Waals surface area contributed by atoms with Crippen LogP contribution < -0.4 is 14.2 Å². The molecule has 0 heterocycles. The van der Waals surface area contributed by atoms with Crippen LogP contribution in [0.5, 0.6) is 17.2 Å². The minimum atomic E-state index is -2.91. The molecule has 0 aliphatic carbocycles. The van der Waals surface area contributed by atoms with Crippen LogP contribution in [0, 0.1) is 0 Å². The number of benzene rings is 1. The molecule has 0 saturated heterocycles. The van der Waals surface area contributed by atoms with Gasteiger partial charge in [0.1, 0.15) is 0 Å². The van der Waals surface area contributed by atoms with E-state index in [1.165, 1.54) is 40.4 Å². The fourth-order valence-corrected chi connectivity index (χ4v) is 1.50. The molecule has 0 spiro atoms. The number of methoxy groups -OCH3 is 3. The summed E-state index contributed by atoms with van der Waals surface area (Å²) in [5.74, 6) is -2.14. The lowest BCUT2D eigenvalue weighted by Crippen LogP contribution is -2.12. The van der Waals surface area contributed by atoms with Gasteiger partial charge in [0.2, 0.25) is 5.75 Å². The monoisotopic (exact) mass is 246 g/mol. The fourth-order valence-electron chi connectivity index (χ4n) is 1.50. The molecule has 0 radical (unpaired) electrons. The zero-order valence-electron chi connectivity index (χ0n) is 10.3. The molecule has 5 heteroatoms. The van der Waals surface area contributed by atoms with Gasteiger partial charge in [-0.3, -0.25) is 0 Å². The molecule has 0 aliphatic heterocycles. The van der Waals surface area contributed by atoms with E-state index in [1.54, 1.807) is 0 Å². The molecule has 0 unspecified atom stereocenters. The highest BCUT2D eigenvalue weighted by atomic mass is 19.3. The van der Waals surface area contributed by atoms with Crippen molar-refractivity contribution >= 4 is 0 Å². The highest BCUT2D eigenvalue weighted by molar-refractivity contribution is 5.54. The van der Waals surface area contributed by atoms with Crippen LogP contribution in [0.25, 0.3) is 0 Å². The Morgan fingerprint density at radius 1 is 1.00 bits per heavy atom. The minimum Gasteiger partial charge on any atom is -0.493 e. The third-order valence-corrected chi connectivity index (χ3v) is 2.53. The smallest absolute Gasteiger partial charge is 0.273 e. The van der Waals surface area contributed by atoms with E-state index in [-0.39, 0.29) is 23.5 Å². The first-order valence-electron chi connectivity index (χ1n) is 5.18. The summed E-state index contributed by atoms with van der Waals surface area (Å²) in [6.45, 7) is 1.42. The lowest BCUT2D eigenvalue weighted by molar-refractivity contribution is -0.00871. The SMILES string of the molecule is CCC(F)(F)c1cc(OC)c(OC)c(OC)c1. The van der Waals surface area contributed by atoms with Crippen LogP contribution in [-0.2, 0) is 5.92 Å². The van der Waals surface area contributed by atoms with E-state index in [9.17, 15) is 8.78 Å². The van der Waals surface area contributed by atoms with Gasteiger partial charge in [-0.25, -0.2) is 8.78 Å². The largest absolute Gasteiger partial charge is 0.493 e. The van der Waals surface area contributed by atoms with Crippen LogP contribution in [0.2, 0.25) is 0 Å². The van der Waals surface area contributed by atoms with E-state index in [2.05, 4.69) is 0 Å². The van der Waals surface area contributed by atoms with Crippen molar-refractivity contribution in [3.8, 4) is 17.2 Å². The van der Waals surface area contributed by atoms with Gasteiger partial charge in [-0.2, -0.15) is 0 Å². The molecule has 0 bridgehead atoms. The normalized spacial score (nSPS) is 11.2. The summed E-state index contributed by atoms with van der Waals surface area (Å²) in [5, 5.41) is 0. The van der Waals surface area contributed by atoms with Crippen LogP contribution in [0.3, 0.4) is 0 Å². The molecule has 1 aromatic rings. The van der Waals surface area contributed by atoms with Gasteiger partial charge in [0.15, 0.2) is 11.5 Å². The number of hydrogen-bond acceptors (Lipinski definition) is 3. The third-order valence-electron chi connectivity index (χ3n) is 2.53. The van der Waals surface area contributed by atoms with Crippen LogP contribution in [-0.4, -0.2) is 21.3 Å². The second kappa shape index (κ2) is 5.21. The van der Waals surface area contributed by atoms with Crippen molar-refractivity contribution in [2.45, 2.75) is 19.3 Å². The number of halogens is 2. The zero-order chi connectivity index (χ0) is 13.1. The van der Waals surface area contributed by atoms with Gasteiger partial charge in [0.25, 0.3) is 5.92 Å². The molecule has 0 aromatic heterocycles. The molecule has 1 aromatic carbocycles. The maximum Gasteiger partial charge on any atom is 0.273 e. The quantitative estimate of drug-likeness (QED) is 0.798. The third kappa shape index (κ3) is 2.60. The Labute approximate surface area is 99.3 Å². The molecule has 0 fully saturated rings. The van der Waals surface area contributed by atoms with Gasteiger partial charge in [-0.1, -0.05) is 6.92 Å². The minimum absolute atomic E-state index is 0.144. The van der Waals surface area contributed by atoms with Crippen molar-refractivity contribution in [3.63, 3.8) is 0 Å². The topological polar surface area (TPSA) is 27.7 Å². The van der Waals surface area contributed by atoms with Gasteiger partial charge in [0, 0.05) is 12.0 Å². The first-order chi connectivity index (χ1) is 8.00. The van der Waals surface area contributed by atoms with Gasteiger partial charge < -0.3 is 14.2 Å². The summed E-state index contributed by atoms with van der Waals surface area (Å²) in [6, 6.07) is 2.54. The van der Waals surface area contributed by atoms with E-state index >= 15 is 0 Å². The second-order valence-corrected chi connectivity index (χ2v) is 3.47. The van der Waals surface area contributed by atoms with Gasteiger partial charge >= 0.3 is 0 Å². The Morgan fingerprint density at radius 3 is 1.76 bits per heavy atom. The number of hydrogen-bond donors (Lipinski definition) is 0. The summed E-state index contributed by atoms with van der Waals surface area (Å²) in [5.41, 5.74) is -0.144. The summed E-state index contributed by atoms with van der Waals surface area (Å²) >= 11 is 0. The first kappa shape index (κ1) is 13.5. The highest BCUT2D eigenvalue weighted by Gasteiger charge is 2.31. The molecular formula is C12H16F2O3. The molecule has 0 saturated carbocycles. The van der Waals surface area contributed by atoms with E-state index in [4.69, 9.17) is 14.2 Å². The van der Waals surface area contributed by atoms with Crippen LogP contribution in [0.4, 0.5) is 8.78 Å². The van der Waals surface area contributed by atoms with E-state index in [0.29, 0.717) is 5.75 Å². The van der Waals surface area contributed by atoms with E-state index < -0.39 is 5.92 Å². The molecule has 1 rings (SSSR count). The van der Waals surface area contributed by atoms with Crippen molar-refractivity contribution < 1.29 is 23.0 Å². The van der Waals surface area contributed by atoms with Crippen LogP contribution >= 0.6 is 0 Å². The molecule has 0 N–H and O–H groups in total. The van der Waals surface area contributed by atoms with E-state index in [0.717, 1.165) is 0 Å². The average molecular weight is 246 g/mol. The lowest BCUT2D eigenvalue weighted by atomic mass is 10.0. The van der Waals surface area contributed by atoms with Gasteiger partial charge in [0.05, 0.1) is 21.3 Å². The first-order valence-corrected chi connectivity index (χ1v) is 5.18. The fraction of sp³-hybridized carbons (Fsp3) is 0.500. The summed E-state index contributed by atoms with van der Waals surface area (Å²) in [4.78, 5) is 0. The highest BCUT2D eigenvalue weighted by Crippen LogP contribution is 2.43. The standard InChI is InChI=1S/C12H16F2O3/c1-5-12(13,14)8-6-9(15-2)11(17-4)10(7-8)16-3/h6-7H,5H2,1-4H3. The van der Waals surface area contributed by atoms with Gasteiger partial charge in [-0.05, 0) is 12.1 Å². The molecule has 0 amide bonds. The van der Waals surface area contributed by atoms with E-state index in [1.807, 2.05) is 0 Å². The lowest BCUT2D eigenvalue weighted by Gasteiger charge is -2.18. The summed E-state index contributed by atoms with van der Waals surface area (Å²) in [7, 11) is 4.22. The maximum atomic E-state index is 13.6. The molecule has 3 nitrogen and oxygen atoms in total. The number of rotatable bonds is 5. The Morgan fingerprint density at radius 2 is 1.47 bits per heavy atom. The van der Waals surface area contributed by atoms with Gasteiger partial charge in [-0.15, -0.1) is 0 Å². The molecule has 17 heavy (non-hydrogen) atoms. The number of alkyl halides is 2. The molecular weight excluding hydrogens is 230 g/mol. The van der Waals surface area contributed by atoms with Crippen molar-refractivity contribution in [1.82, 2.24) is 0 Å². The Balaban J connectivity index is 3.37. The zero-order valence-corrected chi connectivity index (χ0v) is 10.3. The molecule has 96 valence electrons. The predicted molar refractivity (Wildman–Crippen MR) is 60.3 cm³/mol. The van der Waals surface area contributed by atoms with Crippen molar-refractivity contribution in [2.24, 2.45) is 0 Å². The summed E-state index contributed by atoms with van der Waals surface area (Å²) < 4.78 is 42.3. The van der Waals surface area contributed by atoms with Crippen LogP contribution in [0.15, 0.2) is 12.1 Å². The second-order valence-electron chi connectivity index (χ2n) is 3.47. The van der Waals surface area contributed by atoms with Crippen molar-refractivity contribution in [1.29, 1.82) is 0 Å². The average Bonchev–Trinajstić information content (AvgIpc) is 2.36. The Hall–Kier alpha value is -1.52.